The van der Waals surface area contributed by atoms with Crippen LogP contribution in [0.15, 0.2) is 42.5 Å². The summed E-state index contributed by atoms with van der Waals surface area (Å²) in [6.45, 7) is 4.00. The van der Waals surface area contributed by atoms with Crippen molar-refractivity contribution in [2.75, 3.05) is 0 Å². The molecule has 0 aliphatic carbocycles. The lowest BCUT2D eigenvalue weighted by molar-refractivity contribution is 0.828. The van der Waals surface area contributed by atoms with Crippen LogP contribution >= 0.6 is 0 Å². The molecule has 2 nitrogen and oxygen atoms in total. The molecule has 0 aliphatic heterocycles. The molecule has 17 heavy (non-hydrogen) atoms. The second-order valence-corrected chi connectivity index (χ2v) is 3.58. The summed E-state index contributed by atoms with van der Waals surface area (Å²) in [5, 5.41) is 11.1. The summed E-state index contributed by atoms with van der Waals surface area (Å²) in [6, 6.07) is 15.9. The van der Waals surface area contributed by atoms with Crippen LogP contribution in [0.1, 0.15) is 19.4 Å². The Bertz CT molecular complexity index is 506. The van der Waals surface area contributed by atoms with Crippen LogP contribution in [0, 0.1) is 11.3 Å². The molecule has 0 bridgehead atoms. The lowest BCUT2D eigenvalue weighted by Gasteiger charge is -2.07. The smallest absolute Gasteiger partial charge is 0.0969 e. The number of hydrogen-bond donors (Lipinski definition) is 1. The Morgan fingerprint density at radius 1 is 1.12 bits per heavy atom. The van der Waals surface area contributed by atoms with Crippen molar-refractivity contribution >= 4 is 10.8 Å². The van der Waals surface area contributed by atoms with E-state index in [9.17, 15) is 0 Å². The molecule has 0 aromatic heterocycles. The van der Waals surface area contributed by atoms with Crippen LogP contribution < -0.4 is 5.73 Å². The zero-order chi connectivity index (χ0) is 12.7. The zero-order valence-electron chi connectivity index (χ0n) is 10.4. The Morgan fingerprint density at radius 3 is 2.47 bits per heavy atom. The van der Waals surface area contributed by atoms with Gasteiger partial charge in [-0.15, -0.1) is 0 Å². The first kappa shape index (κ1) is 13.2. The molecule has 88 valence electrons. The van der Waals surface area contributed by atoms with Gasteiger partial charge in [0.05, 0.1) is 12.1 Å². The van der Waals surface area contributed by atoms with Gasteiger partial charge in [0.15, 0.2) is 0 Å². The molecule has 0 radical (unpaired) electrons. The van der Waals surface area contributed by atoms with Crippen LogP contribution in [-0.4, -0.2) is 6.04 Å². The van der Waals surface area contributed by atoms with Crippen molar-refractivity contribution in [3.63, 3.8) is 0 Å². The third-order valence-electron chi connectivity index (χ3n) is 2.49. The van der Waals surface area contributed by atoms with Gasteiger partial charge < -0.3 is 5.73 Å². The summed E-state index contributed by atoms with van der Waals surface area (Å²) in [6.07, 6.45) is 0.609. The fraction of sp³-hybridized carbons (Fsp3) is 0.267. The lowest BCUT2D eigenvalue weighted by atomic mass is 10.00. The number of fused-ring (bicyclic) bond motifs is 1. The minimum absolute atomic E-state index is 0.421. The molecular formula is C15H18N2. The van der Waals surface area contributed by atoms with Crippen molar-refractivity contribution in [3.05, 3.63) is 48.0 Å². The van der Waals surface area contributed by atoms with Crippen molar-refractivity contribution in [2.24, 2.45) is 5.73 Å². The largest absolute Gasteiger partial charge is 0.316 e. The first-order valence-corrected chi connectivity index (χ1v) is 5.93. The van der Waals surface area contributed by atoms with E-state index in [1.54, 1.807) is 0 Å². The molecule has 0 saturated carbocycles. The quantitative estimate of drug-likeness (QED) is 0.854. The summed E-state index contributed by atoms with van der Waals surface area (Å²) < 4.78 is 0. The highest BCUT2D eigenvalue weighted by atomic mass is 14.6. The highest BCUT2D eigenvalue weighted by Crippen LogP contribution is 2.19. The number of rotatable bonds is 2. The number of hydrogen-bond acceptors (Lipinski definition) is 2. The number of benzene rings is 2. The monoisotopic (exact) mass is 226 g/mol. The molecule has 0 heterocycles. The lowest BCUT2D eigenvalue weighted by Crippen LogP contribution is -2.20. The molecular weight excluding hydrogens is 208 g/mol. The zero-order valence-corrected chi connectivity index (χ0v) is 10.4. The molecule has 1 atom stereocenters. The second-order valence-electron chi connectivity index (χ2n) is 3.58. The molecule has 2 aromatic carbocycles. The number of nitriles is 1. The number of nitrogens with zero attached hydrogens (tertiary/aromatic N) is 1. The molecule has 2 aromatic rings. The predicted molar refractivity (Wildman–Crippen MR) is 72.6 cm³/mol. The Hall–Kier alpha value is -1.85. The van der Waals surface area contributed by atoms with E-state index in [-0.39, 0.29) is 0 Å². The Balaban J connectivity index is 0.000000686. The number of nitrogens with two attached hydrogens (primary N) is 1. The molecule has 0 saturated heterocycles. The van der Waals surface area contributed by atoms with E-state index in [4.69, 9.17) is 11.0 Å². The van der Waals surface area contributed by atoms with Gasteiger partial charge in [0.25, 0.3) is 0 Å². The molecule has 0 aliphatic rings. The van der Waals surface area contributed by atoms with Crippen molar-refractivity contribution in [2.45, 2.75) is 26.3 Å². The molecule has 1 unspecified atom stereocenters. The average Bonchev–Trinajstić information content (AvgIpc) is 2.41. The van der Waals surface area contributed by atoms with Gasteiger partial charge in [-0.25, -0.2) is 0 Å². The van der Waals surface area contributed by atoms with Crippen molar-refractivity contribution in [1.82, 2.24) is 0 Å². The maximum absolute atomic E-state index is 8.69. The van der Waals surface area contributed by atoms with E-state index in [2.05, 4.69) is 24.3 Å². The summed E-state index contributed by atoms with van der Waals surface area (Å²) in [5.74, 6) is 0. The normalized spacial score (nSPS) is 11.2. The summed E-state index contributed by atoms with van der Waals surface area (Å²) in [4.78, 5) is 0. The maximum atomic E-state index is 8.69. The first-order chi connectivity index (χ1) is 8.31. The average molecular weight is 226 g/mol. The van der Waals surface area contributed by atoms with E-state index < -0.39 is 6.04 Å². The van der Waals surface area contributed by atoms with Gasteiger partial charge >= 0.3 is 0 Å². The van der Waals surface area contributed by atoms with Gasteiger partial charge in [-0.2, -0.15) is 5.26 Å². The summed E-state index contributed by atoms with van der Waals surface area (Å²) in [5.41, 5.74) is 6.78. The third-order valence-corrected chi connectivity index (χ3v) is 2.49. The van der Waals surface area contributed by atoms with Crippen LogP contribution in [0.25, 0.3) is 10.8 Å². The van der Waals surface area contributed by atoms with Crippen molar-refractivity contribution in [1.29, 1.82) is 5.26 Å². The molecule has 2 heteroatoms. The van der Waals surface area contributed by atoms with Crippen molar-refractivity contribution in [3.8, 4) is 6.07 Å². The minimum Gasteiger partial charge on any atom is -0.316 e. The van der Waals surface area contributed by atoms with Crippen LogP contribution in [0.2, 0.25) is 0 Å². The van der Waals surface area contributed by atoms with Gasteiger partial charge in [0.1, 0.15) is 0 Å². The van der Waals surface area contributed by atoms with Crippen molar-refractivity contribution < 1.29 is 0 Å². The van der Waals surface area contributed by atoms with Gasteiger partial charge in [-0.1, -0.05) is 56.3 Å². The Kier molecular flexibility index (Phi) is 5.19. The van der Waals surface area contributed by atoms with E-state index in [1.807, 2.05) is 38.1 Å². The molecule has 0 fully saturated rings. The van der Waals surface area contributed by atoms with Gasteiger partial charge in [-0.3, -0.25) is 0 Å². The van der Waals surface area contributed by atoms with E-state index in [0.717, 1.165) is 5.56 Å². The van der Waals surface area contributed by atoms with E-state index in [1.165, 1.54) is 10.8 Å². The maximum Gasteiger partial charge on any atom is 0.0969 e. The Labute approximate surface area is 103 Å². The van der Waals surface area contributed by atoms with Crippen LogP contribution in [0.3, 0.4) is 0 Å². The standard InChI is InChI=1S/C13H12N2.C2H6/c14-9-12(15)8-11-6-3-5-10-4-1-2-7-13(10)11;1-2/h1-7,12H,8,15H2;1-2H3. The molecule has 2 N–H and O–H groups in total. The van der Waals surface area contributed by atoms with Crippen LogP contribution in [-0.2, 0) is 6.42 Å². The summed E-state index contributed by atoms with van der Waals surface area (Å²) in [7, 11) is 0. The van der Waals surface area contributed by atoms with E-state index in [0.29, 0.717) is 6.42 Å². The highest BCUT2D eigenvalue weighted by Gasteiger charge is 2.05. The van der Waals surface area contributed by atoms with Gasteiger partial charge in [0.2, 0.25) is 0 Å². The van der Waals surface area contributed by atoms with Crippen LogP contribution in [0.4, 0.5) is 0 Å². The summed E-state index contributed by atoms with van der Waals surface area (Å²) >= 11 is 0. The van der Waals surface area contributed by atoms with E-state index >= 15 is 0 Å². The fourth-order valence-electron chi connectivity index (χ4n) is 1.75. The third kappa shape index (κ3) is 3.30. The molecule has 0 spiro atoms. The minimum atomic E-state index is -0.421. The molecule has 2 rings (SSSR count). The second kappa shape index (κ2) is 6.67. The SMILES string of the molecule is CC.N#CC(N)Cc1cccc2ccccc12. The highest BCUT2D eigenvalue weighted by molar-refractivity contribution is 5.85. The molecule has 0 amide bonds. The first-order valence-electron chi connectivity index (χ1n) is 5.93. The topological polar surface area (TPSA) is 49.8 Å². The fourth-order valence-corrected chi connectivity index (χ4v) is 1.75. The predicted octanol–water partition coefficient (Wildman–Crippen LogP) is 3.26. The van der Waals surface area contributed by atoms with Gasteiger partial charge in [0, 0.05) is 6.42 Å². The Morgan fingerprint density at radius 2 is 1.76 bits per heavy atom. The van der Waals surface area contributed by atoms with Gasteiger partial charge in [-0.05, 0) is 16.3 Å². The van der Waals surface area contributed by atoms with Crippen LogP contribution in [0.5, 0.6) is 0 Å².